The van der Waals surface area contributed by atoms with Gasteiger partial charge in [-0.15, -0.1) is 12.3 Å². The van der Waals surface area contributed by atoms with Crippen molar-refractivity contribution in [1.29, 1.82) is 0 Å². The normalized spacial score (nSPS) is 10.1. The Kier molecular flexibility index (Phi) is 6.14. The number of nitrogens with one attached hydrogen (secondary N) is 1. The minimum absolute atomic E-state index is 0.218. The molecule has 0 aromatic heterocycles. The van der Waals surface area contributed by atoms with E-state index in [0.717, 1.165) is 42.4 Å². The lowest BCUT2D eigenvalue weighted by Gasteiger charge is -2.06. The van der Waals surface area contributed by atoms with E-state index in [4.69, 9.17) is 6.42 Å². The van der Waals surface area contributed by atoms with Crippen molar-refractivity contribution in [2.24, 2.45) is 0 Å². The van der Waals surface area contributed by atoms with Gasteiger partial charge in [0.15, 0.2) is 0 Å². The summed E-state index contributed by atoms with van der Waals surface area (Å²) in [5.74, 6) is 2.40. The van der Waals surface area contributed by atoms with Crippen LogP contribution in [-0.2, 0) is 6.54 Å². The maximum absolute atomic E-state index is 12.8. The van der Waals surface area contributed by atoms with Crippen molar-refractivity contribution in [1.82, 2.24) is 5.32 Å². The predicted octanol–water partition coefficient (Wildman–Crippen LogP) is 3.48. The average Bonchev–Trinajstić information content (AvgIpc) is 2.26. The molecule has 1 rings (SSSR count). The van der Waals surface area contributed by atoms with Crippen LogP contribution >= 0.6 is 15.9 Å². The van der Waals surface area contributed by atoms with Crippen LogP contribution in [0.5, 0.6) is 0 Å². The zero-order valence-electron chi connectivity index (χ0n) is 9.10. The Bertz CT molecular complexity index is 371. The molecule has 0 atom stereocenters. The van der Waals surface area contributed by atoms with E-state index >= 15 is 0 Å². The van der Waals surface area contributed by atoms with Crippen LogP contribution in [0.15, 0.2) is 22.7 Å². The number of terminal acetylenes is 1. The molecule has 0 spiro atoms. The molecular formula is C13H15BrFN. The van der Waals surface area contributed by atoms with Gasteiger partial charge in [-0.2, -0.15) is 0 Å². The van der Waals surface area contributed by atoms with Gasteiger partial charge in [0.05, 0.1) is 0 Å². The Morgan fingerprint density at radius 1 is 1.38 bits per heavy atom. The molecule has 0 radical (unpaired) electrons. The summed E-state index contributed by atoms with van der Waals surface area (Å²) in [5, 5.41) is 3.30. The number of unbranched alkanes of at least 4 members (excludes halogenated alkanes) is 2. The van der Waals surface area contributed by atoms with E-state index < -0.39 is 0 Å². The quantitative estimate of drug-likeness (QED) is 0.623. The molecule has 0 aliphatic carbocycles. The lowest BCUT2D eigenvalue weighted by molar-refractivity contribution is 0.616. The van der Waals surface area contributed by atoms with Gasteiger partial charge in [0.2, 0.25) is 0 Å². The Hall–Kier alpha value is -0.850. The van der Waals surface area contributed by atoms with Crippen LogP contribution in [0.3, 0.4) is 0 Å². The van der Waals surface area contributed by atoms with E-state index in [0.29, 0.717) is 0 Å². The van der Waals surface area contributed by atoms with Crippen molar-refractivity contribution >= 4 is 15.9 Å². The number of benzene rings is 1. The van der Waals surface area contributed by atoms with Crippen molar-refractivity contribution in [2.45, 2.75) is 25.8 Å². The maximum atomic E-state index is 12.8. The third-order valence-corrected chi connectivity index (χ3v) is 2.99. The molecule has 0 aliphatic rings. The molecule has 1 aromatic carbocycles. The fourth-order valence-electron chi connectivity index (χ4n) is 1.37. The largest absolute Gasteiger partial charge is 0.313 e. The summed E-state index contributed by atoms with van der Waals surface area (Å²) in [6.45, 7) is 1.68. The van der Waals surface area contributed by atoms with E-state index in [1.54, 1.807) is 6.07 Å². The molecule has 1 aromatic rings. The Morgan fingerprint density at radius 3 is 2.88 bits per heavy atom. The van der Waals surface area contributed by atoms with Crippen LogP contribution in [0.2, 0.25) is 0 Å². The molecule has 0 amide bonds. The van der Waals surface area contributed by atoms with Gasteiger partial charge in [0.25, 0.3) is 0 Å². The monoisotopic (exact) mass is 283 g/mol. The molecule has 86 valence electrons. The van der Waals surface area contributed by atoms with Crippen LogP contribution < -0.4 is 5.32 Å². The lowest BCUT2D eigenvalue weighted by Crippen LogP contribution is -2.14. The van der Waals surface area contributed by atoms with Crippen molar-refractivity contribution in [2.75, 3.05) is 6.54 Å². The van der Waals surface area contributed by atoms with Crippen LogP contribution in [0.4, 0.5) is 4.39 Å². The zero-order valence-corrected chi connectivity index (χ0v) is 10.7. The van der Waals surface area contributed by atoms with Crippen molar-refractivity contribution in [3.63, 3.8) is 0 Å². The van der Waals surface area contributed by atoms with Crippen molar-refractivity contribution in [3.8, 4) is 12.3 Å². The Labute approximate surface area is 105 Å². The molecule has 0 saturated carbocycles. The first-order valence-corrected chi connectivity index (χ1v) is 6.11. The highest BCUT2D eigenvalue weighted by Gasteiger charge is 2.00. The smallest absolute Gasteiger partial charge is 0.124 e. The van der Waals surface area contributed by atoms with E-state index in [-0.39, 0.29) is 5.82 Å². The third-order valence-electron chi connectivity index (χ3n) is 2.26. The highest BCUT2D eigenvalue weighted by Crippen LogP contribution is 2.17. The minimum atomic E-state index is -0.218. The summed E-state index contributed by atoms with van der Waals surface area (Å²) in [4.78, 5) is 0. The number of halogens is 2. The molecule has 0 bridgehead atoms. The highest BCUT2D eigenvalue weighted by molar-refractivity contribution is 9.10. The van der Waals surface area contributed by atoms with Crippen LogP contribution in [0, 0.1) is 18.2 Å². The second-order valence-electron chi connectivity index (χ2n) is 3.57. The molecule has 16 heavy (non-hydrogen) atoms. The second-order valence-corrected chi connectivity index (χ2v) is 4.43. The lowest BCUT2D eigenvalue weighted by atomic mass is 10.2. The van der Waals surface area contributed by atoms with E-state index in [2.05, 4.69) is 27.2 Å². The molecule has 0 unspecified atom stereocenters. The zero-order chi connectivity index (χ0) is 11.8. The van der Waals surface area contributed by atoms with Gasteiger partial charge < -0.3 is 5.32 Å². The van der Waals surface area contributed by atoms with Gasteiger partial charge >= 0.3 is 0 Å². The molecule has 0 aliphatic heterocycles. The molecule has 1 nitrogen and oxygen atoms in total. The number of hydrogen-bond donors (Lipinski definition) is 1. The van der Waals surface area contributed by atoms with Gasteiger partial charge in [-0.1, -0.05) is 22.0 Å². The van der Waals surface area contributed by atoms with Gasteiger partial charge in [0.1, 0.15) is 5.82 Å². The first-order valence-electron chi connectivity index (χ1n) is 5.32. The van der Waals surface area contributed by atoms with Crippen LogP contribution in [0.25, 0.3) is 0 Å². The molecule has 0 heterocycles. The highest BCUT2D eigenvalue weighted by atomic mass is 79.9. The third kappa shape index (κ3) is 4.78. The summed E-state index contributed by atoms with van der Waals surface area (Å²) < 4.78 is 13.6. The van der Waals surface area contributed by atoms with Crippen LogP contribution in [0.1, 0.15) is 24.8 Å². The molecule has 3 heteroatoms. The Balaban J connectivity index is 2.25. The molecule has 0 fully saturated rings. The van der Waals surface area contributed by atoms with Crippen molar-refractivity contribution < 1.29 is 4.39 Å². The van der Waals surface area contributed by atoms with Crippen LogP contribution in [-0.4, -0.2) is 6.54 Å². The Morgan fingerprint density at radius 2 is 2.19 bits per heavy atom. The average molecular weight is 284 g/mol. The van der Waals surface area contributed by atoms with Gasteiger partial charge in [-0.25, -0.2) is 4.39 Å². The topological polar surface area (TPSA) is 12.0 Å². The van der Waals surface area contributed by atoms with Gasteiger partial charge in [0, 0.05) is 17.4 Å². The summed E-state index contributed by atoms with van der Waals surface area (Å²) in [6, 6.07) is 4.74. The molecule has 0 saturated heterocycles. The summed E-state index contributed by atoms with van der Waals surface area (Å²) in [7, 11) is 0. The summed E-state index contributed by atoms with van der Waals surface area (Å²) in [6.07, 6.45) is 8.11. The minimum Gasteiger partial charge on any atom is -0.313 e. The SMILES string of the molecule is C#CCCCCNCc1ccc(F)cc1Br. The van der Waals surface area contributed by atoms with Gasteiger partial charge in [-0.05, 0) is 37.1 Å². The first-order chi connectivity index (χ1) is 7.74. The van der Waals surface area contributed by atoms with E-state index in [9.17, 15) is 4.39 Å². The summed E-state index contributed by atoms with van der Waals surface area (Å²) in [5.41, 5.74) is 1.07. The maximum Gasteiger partial charge on any atom is 0.124 e. The summed E-state index contributed by atoms with van der Waals surface area (Å²) >= 11 is 3.33. The second kappa shape index (κ2) is 7.43. The number of hydrogen-bond acceptors (Lipinski definition) is 1. The standard InChI is InChI=1S/C13H15BrFN/c1-2-3-4-5-8-16-10-11-6-7-12(15)9-13(11)14/h1,6-7,9,16H,3-5,8,10H2. The number of rotatable bonds is 6. The molecular weight excluding hydrogens is 269 g/mol. The predicted molar refractivity (Wildman–Crippen MR) is 68.5 cm³/mol. The van der Waals surface area contributed by atoms with Crippen molar-refractivity contribution in [3.05, 3.63) is 34.1 Å². The van der Waals surface area contributed by atoms with E-state index in [1.165, 1.54) is 12.1 Å². The fourth-order valence-corrected chi connectivity index (χ4v) is 1.86. The van der Waals surface area contributed by atoms with E-state index in [1.807, 2.05) is 0 Å². The van der Waals surface area contributed by atoms with Gasteiger partial charge in [-0.3, -0.25) is 0 Å². The first kappa shape index (κ1) is 13.2. The molecule has 1 N–H and O–H groups in total. The fraction of sp³-hybridized carbons (Fsp3) is 0.385.